The molecule has 2 rings (SSSR count). The molecule has 4 heteroatoms. The van der Waals surface area contributed by atoms with Crippen LogP contribution in [0.15, 0.2) is 12.4 Å². The summed E-state index contributed by atoms with van der Waals surface area (Å²) in [4.78, 5) is 11.4. The van der Waals surface area contributed by atoms with E-state index < -0.39 is 0 Å². The van der Waals surface area contributed by atoms with Crippen LogP contribution in [0.4, 0.5) is 5.95 Å². The highest BCUT2D eigenvalue weighted by Gasteiger charge is 2.11. The van der Waals surface area contributed by atoms with Crippen molar-refractivity contribution in [3.05, 3.63) is 18.0 Å². The van der Waals surface area contributed by atoms with Gasteiger partial charge in [0.15, 0.2) is 0 Å². The molecule has 106 valence electrons. The SMILES string of the molecule is CCC(N)Cc1cnc(N2CCCCCCC2)nc1. The standard InChI is InChI=1S/C15H26N4/c1-2-14(16)10-13-11-17-15(18-12-13)19-8-6-4-3-5-7-9-19/h11-12,14H,2-10,16H2,1H3. The van der Waals surface area contributed by atoms with Gasteiger partial charge in [-0.25, -0.2) is 9.97 Å². The van der Waals surface area contributed by atoms with E-state index in [-0.39, 0.29) is 6.04 Å². The molecular weight excluding hydrogens is 236 g/mol. The lowest BCUT2D eigenvalue weighted by atomic mass is 10.1. The predicted octanol–water partition coefficient (Wildman–Crippen LogP) is 2.53. The maximum Gasteiger partial charge on any atom is 0.225 e. The van der Waals surface area contributed by atoms with E-state index >= 15 is 0 Å². The van der Waals surface area contributed by atoms with E-state index in [4.69, 9.17) is 5.73 Å². The van der Waals surface area contributed by atoms with Gasteiger partial charge in [-0.2, -0.15) is 0 Å². The second-order valence-electron chi connectivity index (χ2n) is 5.52. The van der Waals surface area contributed by atoms with Crippen LogP contribution in [0.25, 0.3) is 0 Å². The van der Waals surface area contributed by atoms with Gasteiger partial charge < -0.3 is 10.6 Å². The van der Waals surface area contributed by atoms with Crippen LogP contribution >= 0.6 is 0 Å². The van der Waals surface area contributed by atoms with Crippen molar-refractivity contribution in [3.8, 4) is 0 Å². The van der Waals surface area contributed by atoms with Gasteiger partial charge >= 0.3 is 0 Å². The van der Waals surface area contributed by atoms with Gasteiger partial charge in [0.1, 0.15) is 0 Å². The first-order chi connectivity index (χ1) is 9.29. The zero-order valence-electron chi connectivity index (χ0n) is 12.0. The fraction of sp³-hybridized carbons (Fsp3) is 0.733. The van der Waals surface area contributed by atoms with Gasteiger partial charge in [-0.15, -0.1) is 0 Å². The lowest BCUT2D eigenvalue weighted by molar-refractivity contribution is 0.550. The number of rotatable bonds is 4. The molecule has 0 saturated carbocycles. The highest BCUT2D eigenvalue weighted by molar-refractivity contribution is 5.29. The lowest BCUT2D eigenvalue weighted by Gasteiger charge is -2.24. The Kier molecular flexibility index (Phi) is 5.58. The van der Waals surface area contributed by atoms with Crippen molar-refractivity contribution < 1.29 is 0 Å². The van der Waals surface area contributed by atoms with Crippen molar-refractivity contribution in [1.82, 2.24) is 9.97 Å². The fourth-order valence-electron chi connectivity index (χ4n) is 2.51. The van der Waals surface area contributed by atoms with Crippen molar-refractivity contribution >= 4 is 5.95 Å². The second-order valence-corrected chi connectivity index (χ2v) is 5.52. The molecule has 1 aliphatic heterocycles. The van der Waals surface area contributed by atoms with Gasteiger partial charge in [0.2, 0.25) is 5.95 Å². The highest BCUT2D eigenvalue weighted by Crippen LogP contribution is 2.15. The molecule has 0 amide bonds. The zero-order valence-corrected chi connectivity index (χ0v) is 12.0. The number of hydrogen-bond donors (Lipinski definition) is 1. The Labute approximate surface area is 116 Å². The van der Waals surface area contributed by atoms with E-state index in [9.17, 15) is 0 Å². The Hall–Kier alpha value is -1.16. The summed E-state index contributed by atoms with van der Waals surface area (Å²) < 4.78 is 0. The average Bonchev–Trinajstić information content (AvgIpc) is 2.39. The topological polar surface area (TPSA) is 55.0 Å². The molecule has 0 spiro atoms. The van der Waals surface area contributed by atoms with Crippen molar-refractivity contribution in [3.63, 3.8) is 0 Å². The van der Waals surface area contributed by atoms with Gasteiger partial charge in [-0.1, -0.05) is 26.2 Å². The summed E-state index contributed by atoms with van der Waals surface area (Å²) in [5, 5.41) is 0. The molecule has 1 saturated heterocycles. The van der Waals surface area contributed by atoms with Crippen LogP contribution in [0, 0.1) is 0 Å². The molecule has 0 bridgehead atoms. The molecule has 1 aromatic heterocycles. The van der Waals surface area contributed by atoms with Crippen molar-refractivity contribution in [2.45, 2.75) is 57.9 Å². The molecular formula is C15H26N4. The molecule has 2 heterocycles. The molecule has 1 fully saturated rings. The minimum atomic E-state index is 0.219. The van der Waals surface area contributed by atoms with Crippen LogP contribution in [0.1, 0.15) is 51.0 Å². The van der Waals surface area contributed by atoms with E-state index in [0.29, 0.717) is 0 Å². The van der Waals surface area contributed by atoms with Crippen LogP contribution in [-0.2, 0) is 6.42 Å². The first-order valence-electron chi connectivity index (χ1n) is 7.61. The lowest BCUT2D eigenvalue weighted by Crippen LogP contribution is -2.29. The Bertz CT molecular complexity index is 355. The van der Waals surface area contributed by atoms with E-state index in [2.05, 4.69) is 21.8 Å². The Balaban J connectivity index is 1.96. The molecule has 1 atom stereocenters. The zero-order chi connectivity index (χ0) is 13.5. The van der Waals surface area contributed by atoms with E-state index in [0.717, 1.165) is 37.4 Å². The third-order valence-corrected chi connectivity index (χ3v) is 3.85. The molecule has 4 nitrogen and oxygen atoms in total. The van der Waals surface area contributed by atoms with Crippen LogP contribution in [-0.4, -0.2) is 29.1 Å². The molecule has 0 aromatic carbocycles. The number of nitrogens with two attached hydrogens (primary N) is 1. The van der Waals surface area contributed by atoms with Gasteiger partial charge in [-0.3, -0.25) is 0 Å². The summed E-state index contributed by atoms with van der Waals surface area (Å²) in [7, 11) is 0. The van der Waals surface area contributed by atoms with Crippen molar-refractivity contribution in [2.24, 2.45) is 5.73 Å². The van der Waals surface area contributed by atoms with E-state index in [1.807, 2.05) is 12.4 Å². The van der Waals surface area contributed by atoms with Gasteiger partial charge in [0, 0.05) is 31.5 Å². The number of nitrogens with zero attached hydrogens (tertiary/aromatic N) is 3. The van der Waals surface area contributed by atoms with Crippen molar-refractivity contribution in [2.75, 3.05) is 18.0 Å². The quantitative estimate of drug-likeness (QED) is 0.906. The average molecular weight is 262 g/mol. The molecule has 19 heavy (non-hydrogen) atoms. The summed E-state index contributed by atoms with van der Waals surface area (Å²) in [6.45, 7) is 4.29. The number of aromatic nitrogens is 2. The monoisotopic (exact) mass is 262 g/mol. The van der Waals surface area contributed by atoms with Gasteiger partial charge in [0.25, 0.3) is 0 Å². The number of anilines is 1. The van der Waals surface area contributed by atoms with E-state index in [1.54, 1.807) is 0 Å². The Morgan fingerprint density at radius 2 is 1.68 bits per heavy atom. The third kappa shape index (κ3) is 4.46. The molecule has 0 radical (unpaired) electrons. The molecule has 0 aliphatic carbocycles. The maximum atomic E-state index is 5.96. The van der Waals surface area contributed by atoms with Gasteiger partial charge in [-0.05, 0) is 31.2 Å². The predicted molar refractivity (Wildman–Crippen MR) is 79.3 cm³/mol. The first-order valence-corrected chi connectivity index (χ1v) is 7.61. The highest BCUT2D eigenvalue weighted by atomic mass is 15.2. The second kappa shape index (κ2) is 7.43. The molecule has 2 N–H and O–H groups in total. The first kappa shape index (κ1) is 14.3. The van der Waals surface area contributed by atoms with Gasteiger partial charge in [0.05, 0.1) is 0 Å². The fourth-order valence-corrected chi connectivity index (χ4v) is 2.51. The van der Waals surface area contributed by atoms with Crippen LogP contribution < -0.4 is 10.6 Å². The Morgan fingerprint density at radius 3 is 2.26 bits per heavy atom. The molecule has 1 aliphatic rings. The normalized spacial score (nSPS) is 18.7. The largest absolute Gasteiger partial charge is 0.341 e. The Morgan fingerprint density at radius 1 is 1.11 bits per heavy atom. The van der Waals surface area contributed by atoms with Crippen LogP contribution in [0.5, 0.6) is 0 Å². The van der Waals surface area contributed by atoms with Crippen molar-refractivity contribution in [1.29, 1.82) is 0 Å². The summed E-state index contributed by atoms with van der Waals surface area (Å²) in [5.41, 5.74) is 7.10. The summed E-state index contributed by atoms with van der Waals surface area (Å²) >= 11 is 0. The maximum absolute atomic E-state index is 5.96. The van der Waals surface area contributed by atoms with E-state index in [1.165, 1.54) is 32.1 Å². The molecule has 1 unspecified atom stereocenters. The smallest absolute Gasteiger partial charge is 0.225 e. The summed E-state index contributed by atoms with van der Waals surface area (Å²) in [6, 6.07) is 0.219. The minimum absolute atomic E-state index is 0.219. The summed E-state index contributed by atoms with van der Waals surface area (Å²) in [6.07, 6.45) is 12.3. The minimum Gasteiger partial charge on any atom is -0.341 e. The summed E-state index contributed by atoms with van der Waals surface area (Å²) in [5.74, 6) is 0.885. The van der Waals surface area contributed by atoms with Crippen LogP contribution in [0.3, 0.4) is 0 Å². The number of hydrogen-bond acceptors (Lipinski definition) is 4. The van der Waals surface area contributed by atoms with Crippen LogP contribution in [0.2, 0.25) is 0 Å². The molecule has 1 aromatic rings. The third-order valence-electron chi connectivity index (χ3n) is 3.85.